The van der Waals surface area contributed by atoms with Gasteiger partial charge in [0.05, 0.1) is 16.9 Å². The van der Waals surface area contributed by atoms with Crippen molar-refractivity contribution in [2.45, 2.75) is 12.0 Å². The summed E-state index contributed by atoms with van der Waals surface area (Å²) in [6.07, 6.45) is 2.07. The van der Waals surface area contributed by atoms with Gasteiger partial charge in [0.25, 0.3) is 11.8 Å². The zero-order valence-corrected chi connectivity index (χ0v) is 20.1. The van der Waals surface area contributed by atoms with Gasteiger partial charge in [0.15, 0.2) is 11.5 Å². The summed E-state index contributed by atoms with van der Waals surface area (Å²) >= 11 is 0. The molecule has 2 aromatic carbocycles. The van der Waals surface area contributed by atoms with Crippen LogP contribution >= 0.6 is 0 Å². The third-order valence-electron chi connectivity index (χ3n) is 6.74. The van der Waals surface area contributed by atoms with Gasteiger partial charge in [-0.2, -0.15) is 10.2 Å². The highest BCUT2D eigenvalue weighted by Crippen LogP contribution is 2.35. The van der Waals surface area contributed by atoms with Crippen LogP contribution in [0.1, 0.15) is 22.7 Å². The fourth-order valence-corrected chi connectivity index (χ4v) is 4.71. The summed E-state index contributed by atoms with van der Waals surface area (Å²) in [4.78, 5) is 26.2. The number of aliphatic hydroxyl groups is 1. The minimum Gasteiger partial charge on any atom is -0.373 e. The molecule has 0 spiro atoms. The predicted molar refractivity (Wildman–Crippen MR) is 133 cm³/mol. The maximum Gasteiger partial charge on any atom is 0.269 e. The molecule has 11 heteroatoms. The number of aromatic nitrogens is 5. The number of likely N-dealkylation sites (N-methyl/N-ethyl adjacent to an activating group) is 1. The second-order valence-corrected chi connectivity index (χ2v) is 9.19. The van der Waals surface area contributed by atoms with Crippen molar-refractivity contribution in [3.63, 3.8) is 0 Å². The van der Waals surface area contributed by atoms with Gasteiger partial charge in [-0.3, -0.25) is 14.3 Å². The van der Waals surface area contributed by atoms with Crippen LogP contribution < -0.4 is 5.73 Å². The van der Waals surface area contributed by atoms with Gasteiger partial charge in [-0.05, 0) is 30.3 Å². The smallest absolute Gasteiger partial charge is 0.269 e. The predicted octanol–water partition coefficient (Wildman–Crippen LogP) is 2.23. The van der Waals surface area contributed by atoms with E-state index in [9.17, 15) is 14.7 Å². The van der Waals surface area contributed by atoms with Crippen molar-refractivity contribution >= 4 is 22.7 Å². The minimum atomic E-state index is -1.72. The Kier molecular flexibility index (Phi) is 4.99. The summed E-state index contributed by atoms with van der Waals surface area (Å²) in [6, 6.07) is 16.4. The molecule has 186 valence electrons. The Morgan fingerprint density at radius 1 is 1.05 bits per heavy atom. The second-order valence-electron chi connectivity index (χ2n) is 9.19. The maximum atomic E-state index is 12.4. The van der Waals surface area contributed by atoms with Gasteiger partial charge in [0.1, 0.15) is 5.69 Å². The number of hydrogen-bond acceptors (Lipinski definition) is 7. The van der Waals surface area contributed by atoms with Crippen molar-refractivity contribution in [2.24, 2.45) is 12.8 Å². The Hall–Kier alpha value is -4.77. The van der Waals surface area contributed by atoms with Crippen LogP contribution in [0, 0.1) is 0 Å². The van der Waals surface area contributed by atoms with Crippen LogP contribution in [-0.2, 0) is 17.4 Å². The summed E-state index contributed by atoms with van der Waals surface area (Å²) in [7, 11) is 3.47. The summed E-state index contributed by atoms with van der Waals surface area (Å²) in [5, 5.41) is 24.5. The van der Waals surface area contributed by atoms with E-state index in [-0.39, 0.29) is 17.9 Å². The summed E-state index contributed by atoms with van der Waals surface area (Å²) in [6.45, 7) is 0.428. The van der Waals surface area contributed by atoms with Crippen LogP contribution in [0.15, 0.2) is 65.3 Å². The zero-order valence-electron chi connectivity index (χ0n) is 20.1. The molecule has 1 saturated heterocycles. The second kappa shape index (κ2) is 8.14. The number of primary amides is 1. The Balaban J connectivity index is 1.41. The third kappa shape index (κ3) is 3.59. The molecule has 6 rings (SSSR count). The van der Waals surface area contributed by atoms with Crippen molar-refractivity contribution in [2.75, 3.05) is 13.6 Å². The molecule has 0 unspecified atom stereocenters. The molecule has 0 bridgehead atoms. The van der Waals surface area contributed by atoms with Gasteiger partial charge >= 0.3 is 0 Å². The molecule has 3 N–H and O–H groups in total. The molecule has 0 aliphatic carbocycles. The Bertz CT molecular complexity index is 1700. The van der Waals surface area contributed by atoms with Gasteiger partial charge in [-0.25, -0.2) is 4.68 Å². The van der Waals surface area contributed by atoms with Crippen molar-refractivity contribution in [1.29, 1.82) is 0 Å². The number of fused-ring (bicyclic) bond motifs is 1. The molecule has 0 radical (unpaired) electrons. The van der Waals surface area contributed by atoms with Crippen LogP contribution in [0.4, 0.5) is 0 Å². The standard InChI is InChI=1S/C26H23N7O4/c1-31-11-9-26(36,25(31)35)22-14-20(30-37-22)15-4-3-5-17(12-15)33-21-7-6-16(19-8-10-32(2)28-19)13-18(21)23(29-33)24(27)34/h3-8,10,12-14,36H,9,11H2,1-2H3,(H2,27,34)/t26-/m1/s1. The highest BCUT2D eigenvalue weighted by molar-refractivity contribution is 6.05. The Morgan fingerprint density at radius 2 is 1.86 bits per heavy atom. The third-order valence-corrected chi connectivity index (χ3v) is 6.74. The number of carbonyl (C=O) groups excluding carboxylic acids is 2. The van der Waals surface area contributed by atoms with E-state index in [4.69, 9.17) is 10.3 Å². The highest BCUT2D eigenvalue weighted by atomic mass is 16.5. The van der Waals surface area contributed by atoms with Crippen molar-refractivity contribution < 1.29 is 19.2 Å². The molecule has 5 aromatic rings. The van der Waals surface area contributed by atoms with Crippen molar-refractivity contribution in [1.82, 2.24) is 29.6 Å². The van der Waals surface area contributed by atoms with E-state index in [0.29, 0.717) is 34.4 Å². The lowest BCUT2D eigenvalue weighted by Gasteiger charge is -2.16. The Labute approximate surface area is 210 Å². The highest BCUT2D eigenvalue weighted by Gasteiger charge is 2.48. The number of amides is 2. The number of likely N-dealkylation sites (tertiary alicyclic amines) is 1. The van der Waals surface area contributed by atoms with Gasteiger partial charge in [0.2, 0.25) is 5.60 Å². The normalized spacial score (nSPS) is 17.7. The van der Waals surface area contributed by atoms with Crippen LogP contribution in [0.25, 0.3) is 39.1 Å². The van der Waals surface area contributed by atoms with Crippen molar-refractivity contribution in [3.8, 4) is 28.2 Å². The summed E-state index contributed by atoms with van der Waals surface area (Å²) < 4.78 is 8.74. The summed E-state index contributed by atoms with van der Waals surface area (Å²) in [5.74, 6) is -0.959. The van der Waals surface area contributed by atoms with Crippen LogP contribution in [0.3, 0.4) is 0 Å². The number of aryl methyl sites for hydroxylation is 1. The maximum absolute atomic E-state index is 12.4. The Morgan fingerprint density at radius 3 is 2.57 bits per heavy atom. The van der Waals surface area contributed by atoms with E-state index in [1.54, 1.807) is 22.5 Å². The number of rotatable bonds is 5. The van der Waals surface area contributed by atoms with Crippen LogP contribution in [0.5, 0.6) is 0 Å². The number of benzene rings is 2. The number of carbonyl (C=O) groups is 2. The topological polar surface area (TPSA) is 145 Å². The van der Waals surface area contributed by atoms with Crippen molar-refractivity contribution in [3.05, 3.63) is 72.2 Å². The molecule has 4 heterocycles. The average molecular weight is 498 g/mol. The quantitative estimate of drug-likeness (QED) is 0.379. The molecule has 1 aliphatic rings. The lowest BCUT2D eigenvalue weighted by molar-refractivity contribution is -0.144. The molecular weight excluding hydrogens is 474 g/mol. The first-order valence-corrected chi connectivity index (χ1v) is 11.6. The average Bonchev–Trinajstić information content (AvgIpc) is 3.68. The lowest BCUT2D eigenvalue weighted by Crippen LogP contribution is -2.35. The van der Waals surface area contributed by atoms with Gasteiger partial charge in [0, 0.05) is 55.8 Å². The van der Waals surface area contributed by atoms with Crippen LogP contribution in [0.2, 0.25) is 0 Å². The molecule has 1 fully saturated rings. The van der Waals surface area contributed by atoms with E-state index in [2.05, 4.69) is 15.4 Å². The number of hydrogen-bond donors (Lipinski definition) is 2. The molecular formula is C26H23N7O4. The molecule has 0 saturated carbocycles. The fourth-order valence-electron chi connectivity index (χ4n) is 4.71. The summed E-state index contributed by atoms with van der Waals surface area (Å²) in [5.41, 5.74) is 8.20. The zero-order chi connectivity index (χ0) is 25.9. The molecule has 1 aliphatic heterocycles. The molecule has 3 aromatic heterocycles. The SMILES string of the molecule is CN1CC[C@@](O)(c2cc(-c3cccc(-n4nc(C(N)=O)c5cc(-c6ccn(C)n6)ccc54)c3)no2)C1=O. The van der Waals surface area contributed by atoms with Crippen LogP contribution in [-0.4, -0.2) is 60.1 Å². The number of nitrogens with zero attached hydrogens (tertiary/aromatic N) is 6. The van der Waals surface area contributed by atoms with E-state index < -0.39 is 17.4 Å². The monoisotopic (exact) mass is 497 g/mol. The van der Waals surface area contributed by atoms with Gasteiger partial charge in [-0.15, -0.1) is 0 Å². The van der Waals surface area contributed by atoms with E-state index >= 15 is 0 Å². The molecule has 2 amide bonds. The minimum absolute atomic E-state index is 0.102. The van der Waals surface area contributed by atoms with Gasteiger partial charge < -0.3 is 20.3 Å². The fraction of sp³-hybridized carbons (Fsp3) is 0.192. The molecule has 1 atom stereocenters. The molecule has 11 nitrogen and oxygen atoms in total. The number of nitrogens with two attached hydrogens (primary N) is 1. The molecule has 37 heavy (non-hydrogen) atoms. The van der Waals surface area contributed by atoms with E-state index in [0.717, 1.165) is 11.3 Å². The first kappa shape index (κ1) is 22.7. The first-order valence-electron chi connectivity index (χ1n) is 11.6. The lowest BCUT2D eigenvalue weighted by atomic mass is 9.98. The largest absolute Gasteiger partial charge is 0.373 e. The van der Waals surface area contributed by atoms with E-state index in [1.165, 1.54) is 4.90 Å². The first-order chi connectivity index (χ1) is 17.7. The van der Waals surface area contributed by atoms with E-state index in [1.807, 2.05) is 61.8 Å². The van der Waals surface area contributed by atoms with Gasteiger partial charge in [-0.1, -0.05) is 23.4 Å².